The van der Waals surface area contributed by atoms with E-state index in [4.69, 9.17) is 10.5 Å². The number of carbonyl (C=O) groups excluding carboxylic acids is 1. The van der Waals surface area contributed by atoms with Gasteiger partial charge in [-0.1, -0.05) is 56.3 Å². The third-order valence-corrected chi connectivity index (χ3v) is 4.87. The summed E-state index contributed by atoms with van der Waals surface area (Å²) in [6.45, 7) is 2.90. The highest BCUT2D eigenvalue weighted by Gasteiger charge is 2.38. The minimum atomic E-state index is -0.629. The van der Waals surface area contributed by atoms with Crippen LogP contribution in [0.5, 0.6) is 5.75 Å². The van der Waals surface area contributed by atoms with Gasteiger partial charge in [0.2, 0.25) is 11.6 Å². The number of unbranched alkanes of at least 4 members (excludes halogenated alkanes) is 5. The van der Waals surface area contributed by atoms with Gasteiger partial charge in [-0.25, -0.2) is 9.98 Å². The second kappa shape index (κ2) is 9.86. The molecule has 0 spiro atoms. The van der Waals surface area contributed by atoms with Gasteiger partial charge in [0.15, 0.2) is 17.8 Å². The highest BCUT2D eigenvalue weighted by Crippen LogP contribution is 2.30. The largest absolute Gasteiger partial charge is 0.494 e. The topological polar surface area (TPSA) is 113 Å². The lowest BCUT2D eigenvalue weighted by atomic mass is 10.1. The molecule has 0 saturated carbocycles. The van der Waals surface area contributed by atoms with E-state index in [-0.39, 0.29) is 23.3 Å². The summed E-state index contributed by atoms with van der Waals surface area (Å²) in [5.41, 5.74) is 6.66. The number of rotatable bonds is 9. The number of nitrogens with zero attached hydrogens (tertiary/aromatic N) is 4. The molecule has 0 amide bonds. The van der Waals surface area contributed by atoms with Crippen molar-refractivity contribution in [2.45, 2.75) is 51.6 Å². The quantitative estimate of drug-likeness (QED) is 0.377. The zero-order valence-corrected chi connectivity index (χ0v) is 16.6. The minimum absolute atomic E-state index is 0.00852. The van der Waals surface area contributed by atoms with Crippen LogP contribution in [0.3, 0.4) is 0 Å². The third kappa shape index (κ3) is 4.82. The van der Waals surface area contributed by atoms with Crippen molar-refractivity contribution in [2.75, 3.05) is 6.61 Å². The predicted octanol–water partition coefficient (Wildman–Crippen LogP) is 3.38. The van der Waals surface area contributed by atoms with Crippen molar-refractivity contribution in [3.63, 3.8) is 0 Å². The Morgan fingerprint density at radius 1 is 1.17 bits per heavy atom. The maximum Gasteiger partial charge on any atom is 0.222 e. The zero-order chi connectivity index (χ0) is 20.6. The summed E-state index contributed by atoms with van der Waals surface area (Å²) in [5.74, 6) is 0.656. The number of oxime groups is 1. The first-order valence-corrected chi connectivity index (χ1v) is 10.0. The first-order chi connectivity index (χ1) is 14.2. The van der Waals surface area contributed by atoms with Crippen molar-refractivity contribution in [3.8, 4) is 5.75 Å². The molecular weight excluding hydrogens is 370 g/mol. The molecule has 154 valence electrons. The van der Waals surface area contributed by atoms with Crippen molar-refractivity contribution in [3.05, 3.63) is 42.1 Å². The molecule has 29 heavy (non-hydrogen) atoms. The Balaban J connectivity index is 1.62. The normalized spacial score (nSPS) is 19.8. The van der Waals surface area contributed by atoms with Crippen LogP contribution in [0.15, 0.2) is 51.7 Å². The number of hydrogen-bond donors (Lipinski definition) is 2. The third-order valence-electron chi connectivity index (χ3n) is 4.87. The number of ether oxygens (including phenoxy) is 1. The van der Waals surface area contributed by atoms with E-state index in [0.717, 1.165) is 17.7 Å². The van der Waals surface area contributed by atoms with Crippen LogP contribution in [-0.2, 0) is 4.79 Å². The number of hydrogen-bond acceptors (Lipinski definition) is 7. The molecule has 2 aliphatic rings. The van der Waals surface area contributed by atoms with Crippen LogP contribution in [0.1, 0.15) is 57.2 Å². The molecule has 1 unspecified atom stereocenters. The summed E-state index contributed by atoms with van der Waals surface area (Å²) in [4.78, 5) is 21.9. The molecule has 1 aromatic carbocycles. The van der Waals surface area contributed by atoms with Gasteiger partial charge in [-0.3, -0.25) is 9.69 Å². The van der Waals surface area contributed by atoms with E-state index in [1.165, 1.54) is 49.3 Å². The van der Waals surface area contributed by atoms with Crippen molar-refractivity contribution < 1.29 is 14.7 Å². The first-order valence-electron chi connectivity index (χ1n) is 10.0. The molecule has 2 aliphatic heterocycles. The average Bonchev–Trinajstić information content (AvgIpc) is 3.29. The van der Waals surface area contributed by atoms with Gasteiger partial charge in [0, 0.05) is 12.3 Å². The molecule has 0 aromatic heterocycles. The molecule has 2 heterocycles. The van der Waals surface area contributed by atoms with Crippen molar-refractivity contribution in [1.82, 2.24) is 4.90 Å². The molecule has 3 rings (SSSR count). The highest BCUT2D eigenvalue weighted by atomic mass is 16.5. The van der Waals surface area contributed by atoms with E-state index < -0.39 is 6.17 Å². The number of amidine groups is 3. The molecule has 8 heteroatoms. The Hall–Kier alpha value is -3.16. The fraction of sp³-hybridized carbons (Fsp3) is 0.429. The number of benzene rings is 1. The van der Waals surface area contributed by atoms with Gasteiger partial charge >= 0.3 is 0 Å². The van der Waals surface area contributed by atoms with Gasteiger partial charge in [-0.05, 0) is 24.1 Å². The molecular formula is C21H27N5O3. The summed E-state index contributed by atoms with van der Waals surface area (Å²) in [6, 6.07) is 7.44. The van der Waals surface area contributed by atoms with Crippen molar-refractivity contribution in [2.24, 2.45) is 20.9 Å². The standard InChI is InChI=1S/C21H27N5O3/c1-2-3-4-5-6-7-14-29-16-10-8-15(9-11-16)19-24-18(22)21(25-28)26(19)20-17(27)12-13-23-20/h8-13,19,28H,2-7,14H2,1H3,(H2,22,24)/b25-21-. The Morgan fingerprint density at radius 2 is 1.90 bits per heavy atom. The number of nitrogens with two attached hydrogens (primary N) is 1. The Bertz CT molecular complexity index is 842. The summed E-state index contributed by atoms with van der Waals surface area (Å²) in [7, 11) is 0. The lowest BCUT2D eigenvalue weighted by Gasteiger charge is -2.23. The smallest absolute Gasteiger partial charge is 0.222 e. The molecule has 3 N–H and O–H groups in total. The average molecular weight is 397 g/mol. The summed E-state index contributed by atoms with van der Waals surface area (Å²) in [5, 5.41) is 12.5. The maximum atomic E-state index is 12.1. The first kappa shape index (κ1) is 20.6. The monoisotopic (exact) mass is 397 g/mol. The summed E-state index contributed by atoms with van der Waals surface area (Å²) in [6.07, 6.45) is 9.41. The summed E-state index contributed by atoms with van der Waals surface area (Å²) >= 11 is 0. The second-order valence-electron chi connectivity index (χ2n) is 7.00. The zero-order valence-electron chi connectivity index (χ0n) is 16.6. The van der Waals surface area contributed by atoms with Gasteiger partial charge in [-0.15, -0.1) is 0 Å². The van der Waals surface area contributed by atoms with E-state index in [2.05, 4.69) is 22.1 Å². The van der Waals surface area contributed by atoms with Crippen LogP contribution in [0.4, 0.5) is 0 Å². The molecule has 0 bridgehead atoms. The molecule has 0 fully saturated rings. The van der Waals surface area contributed by atoms with Gasteiger partial charge in [-0.2, -0.15) is 0 Å². The minimum Gasteiger partial charge on any atom is -0.494 e. The molecule has 8 nitrogen and oxygen atoms in total. The van der Waals surface area contributed by atoms with Crippen LogP contribution >= 0.6 is 0 Å². The van der Waals surface area contributed by atoms with Crippen LogP contribution in [0, 0.1) is 0 Å². The van der Waals surface area contributed by atoms with Gasteiger partial charge < -0.3 is 15.7 Å². The molecule has 1 atom stereocenters. The predicted molar refractivity (Wildman–Crippen MR) is 112 cm³/mol. The Kier molecular flexibility index (Phi) is 6.99. The van der Waals surface area contributed by atoms with E-state index in [9.17, 15) is 10.0 Å². The van der Waals surface area contributed by atoms with E-state index in [1.54, 1.807) is 0 Å². The van der Waals surface area contributed by atoms with Crippen LogP contribution in [0.25, 0.3) is 0 Å². The Labute approximate surface area is 170 Å². The van der Waals surface area contributed by atoms with Crippen LogP contribution in [-0.4, -0.2) is 40.0 Å². The van der Waals surface area contributed by atoms with E-state index >= 15 is 0 Å². The number of ketones is 1. The lowest BCUT2D eigenvalue weighted by molar-refractivity contribution is -0.109. The van der Waals surface area contributed by atoms with Gasteiger partial charge in [0.25, 0.3) is 0 Å². The number of aliphatic imine (C=N–C) groups is 2. The molecule has 0 radical (unpaired) electrons. The maximum absolute atomic E-state index is 12.1. The van der Waals surface area contributed by atoms with Crippen molar-refractivity contribution >= 4 is 23.3 Å². The van der Waals surface area contributed by atoms with E-state index in [0.29, 0.717) is 6.61 Å². The van der Waals surface area contributed by atoms with Crippen LogP contribution < -0.4 is 10.5 Å². The van der Waals surface area contributed by atoms with E-state index in [1.807, 2.05) is 24.3 Å². The highest BCUT2D eigenvalue weighted by molar-refractivity contribution is 6.53. The number of carbonyl (C=O) groups is 1. The Morgan fingerprint density at radius 3 is 2.55 bits per heavy atom. The lowest BCUT2D eigenvalue weighted by Crippen LogP contribution is -2.42. The molecule has 1 aromatic rings. The van der Waals surface area contributed by atoms with Gasteiger partial charge in [0.05, 0.1) is 6.61 Å². The van der Waals surface area contributed by atoms with Crippen molar-refractivity contribution in [1.29, 1.82) is 0 Å². The molecule has 0 aliphatic carbocycles. The fourth-order valence-corrected chi connectivity index (χ4v) is 3.33. The van der Waals surface area contributed by atoms with Crippen LogP contribution in [0.2, 0.25) is 0 Å². The van der Waals surface area contributed by atoms with Gasteiger partial charge in [0.1, 0.15) is 5.75 Å². The SMILES string of the molecule is CCCCCCCCOc1ccc(C2N=C(N)/C(=N/O)N2C2=NC=CC2=O)cc1. The molecule has 0 saturated heterocycles. The fourth-order valence-electron chi connectivity index (χ4n) is 3.33. The summed E-state index contributed by atoms with van der Waals surface area (Å²) < 4.78 is 5.81. The second-order valence-corrected chi connectivity index (χ2v) is 7.00.